The zero-order valence-corrected chi connectivity index (χ0v) is 24.4. The first-order chi connectivity index (χ1) is 18.5. The Labute approximate surface area is 229 Å². The molecule has 2 saturated heterocycles. The summed E-state index contributed by atoms with van der Waals surface area (Å²) in [5.74, 6) is 1.31. The summed E-state index contributed by atoms with van der Waals surface area (Å²) >= 11 is 0. The van der Waals surface area contributed by atoms with Crippen LogP contribution in [-0.2, 0) is 15.3 Å². The standard InChI is InChI=1S/C30H35FN4O3Si/c1-20-15-34(19-32-20)26-8-7-21(10-27(26)36-3)9-22-14-30(17-37-18-30)16-35-28(22)33-38-29(35,2)23-11-24(31)13-25(12-23)39(4,5)6/h7-13,15,19H,14,16-18H2,1-6H3. The Morgan fingerprint density at radius 1 is 1.13 bits per heavy atom. The number of piperidine rings is 1. The Morgan fingerprint density at radius 3 is 2.56 bits per heavy atom. The second-order valence-electron chi connectivity index (χ2n) is 12.2. The van der Waals surface area contributed by atoms with Crippen LogP contribution in [0.3, 0.4) is 0 Å². The van der Waals surface area contributed by atoms with Gasteiger partial charge >= 0.3 is 0 Å². The van der Waals surface area contributed by atoms with E-state index in [-0.39, 0.29) is 11.2 Å². The van der Waals surface area contributed by atoms with E-state index in [9.17, 15) is 4.39 Å². The second kappa shape index (κ2) is 9.06. The number of benzene rings is 2. The second-order valence-corrected chi connectivity index (χ2v) is 17.3. The van der Waals surface area contributed by atoms with E-state index in [1.54, 1.807) is 25.6 Å². The third kappa shape index (κ3) is 4.47. The molecule has 3 aliphatic heterocycles. The van der Waals surface area contributed by atoms with Crippen LogP contribution in [0.15, 0.2) is 59.7 Å². The number of nitrogens with zero attached hydrogens (tertiary/aromatic N) is 4. The van der Waals surface area contributed by atoms with Gasteiger partial charge in [0.25, 0.3) is 0 Å². The number of ether oxygens (including phenoxy) is 2. The Morgan fingerprint density at radius 2 is 1.92 bits per heavy atom. The van der Waals surface area contributed by atoms with Gasteiger partial charge in [-0.3, -0.25) is 0 Å². The van der Waals surface area contributed by atoms with Crippen LogP contribution in [-0.4, -0.2) is 55.2 Å². The molecule has 0 radical (unpaired) electrons. The molecule has 7 nitrogen and oxygen atoms in total. The quantitative estimate of drug-likeness (QED) is 0.412. The van der Waals surface area contributed by atoms with Gasteiger partial charge in [0.15, 0.2) is 5.84 Å². The SMILES string of the molecule is COc1cc(C=C2CC3(COC3)CN3C2=NOC3(C)c2cc(F)cc([Si](C)(C)C)c2)ccc1-n1cnc(C)c1. The lowest BCUT2D eigenvalue weighted by molar-refractivity contribution is -0.159. The fraction of sp³-hybridized carbons (Fsp3) is 0.400. The highest BCUT2D eigenvalue weighted by atomic mass is 28.3. The van der Waals surface area contributed by atoms with Gasteiger partial charge in [0.2, 0.25) is 5.72 Å². The van der Waals surface area contributed by atoms with Gasteiger partial charge in [0, 0.05) is 30.6 Å². The molecule has 3 aliphatic rings. The molecule has 4 heterocycles. The average molecular weight is 547 g/mol. The summed E-state index contributed by atoms with van der Waals surface area (Å²) < 4.78 is 28.3. The molecule has 1 unspecified atom stereocenters. The van der Waals surface area contributed by atoms with Crippen molar-refractivity contribution in [3.63, 3.8) is 0 Å². The van der Waals surface area contributed by atoms with Crippen LogP contribution in [0.5, 0.6) is 5.75 Å². The van der Waals surface area contributed by atoms with Crippen LogP contribution in [0.4, 0.5) is 4.39 Å². The van der Waals surface area contributed by atoms with E-state index in [4.69, 9.17) is 14.3 Å². The molecule has 9 heteroatoms. The zero-order valence-electron chi connectivity index (χ0n) is 23.4. The monoisotopic (exact) mass is 546 g/mol. The van der Waals surface area contributed by atoms with Crippen molar-refractivity contribution in [2.24, 2.45) is 10.6 Å². The molecule has 204 valence electrons. The zero-order chi connectivity index (χ0) is 27.6. The minimum Gasteiger partial charge on any atom is -0.495 e. The maximum absolute atomic E-state index is 14.9. The highest BCUT2D eigenvalue weighted by Gasteiger charge is 2.54. The van der Waals surface area contributed by atoms with Crippen LogP contribution in [0.1, 0.15) is 30.2 Å². The first-order valence-corrected chi connectivity index (χ1v) is 16.8. The fourth-order valence-corrected chi connectivity index (χ4v) is 6.87. The van der Waals surface area contributed by atoms with E-state index in [0.29, 0.717) is 13.2 Å². The molecular weight excluding hydrogens is 511 g/mol. The summed E-state index contributed by atoms with van der Waals surface area (Å²) in [7, 11) is -0.0723. The molecule has 1 spiro atoms. The number of rotatable bonds is 5. The Balaban J connectivity index is 1.39. The van der Waals surface area contributed by atoms with Gasteiger partial charge in [-0.15, -0.1) is 0 Å². The molecule has 3 aromatic rings. The molecular formula is C30H35FN4O3Si. The predicted octanol–water partition coefficient (Wildman–Crippen LogP) is 5.20. The van der Waals surface area contributed by atoms with Crippen molar-refractivity contribution in [3.05, 3.63) is 77.1 Å². The average Bonchev–Trinajstić information content (AvgIpc) is 3.46. The van der Waals surface area contributed by atoms with E-state index in [0.717, 1.165) is 57.8 Å². The van der Waals surface area contributed by atoms with Crippen LogP contribution in [0.2, 0.25) is 19.6 Å². The molecule has 0 aliphatic carbocycles. The number of aromatic nitrogens is 2. The lowest BCUT2D eigenvalue weighted by atomic mass is 9.74. The normalized spacial score (nSPS) is 22.9. The lowest BCUT2D eigenvalue weighted by Crippen LogP contribution is -2.60. The minimum atomic E-state index is -1.75. The number of aryl methyl sites for hydroxylation is 1. The molecule has 6 rings (SSSR count). The molecule has 39 heavy (non-hydrogen) atoms. The van der Waals surface area contributed by atoms with Crippen molar-refractivity contribution in [1.29, 1.82) is 0 Å². The van der Waals surface area contributed by atoms with Crippen molar-refractivity contribution in [3.8, 4) is 11.4 Å². The third-order valence-corrected chi connectivity index (χ3v) is 10.1. The summed E-state index contributed by atoms with van der Waals surface area (Å²) in [5, 5.41) is 5.66. The highest BCUT2D eigenvalue weighted by molar-refractivity contribution is 6.88. The Bertz CT molecular complexity index is 1500. The Hall–Kier alpha value is -3.43. The summed E-state index contributed by atoms with van der Waals surface area (Å²) in [4.78, 5) is 12.7. The fourth-order valence-electron chi connectivity index (χ4n) is 5.71. The van der Waals surface area contributed by atoms with Gasteiger partial charge in [-0.1, -0.05) is 42.1 Å². The smallest absolute Gasteiger partial charge is 0.234 e. The third-order valence-electron chi connectivity index (χ3n) is 8.08. The van der Waals surface area contributed by atoms with E-state index < -0.39 is 13.8 Å². The molecule has 0 N–H and O–H groups in total. The number of amidine groups is 1. The van der Waals surface area contributed by atoms with Crippen LogP contribution >= 0.6 is 0 Å². The van der Waals surface area contributed by atoms with Crippen molar-refractivity contribution in [1.82, 2.24) is 14.5 Å². The number of hydrogen-bond donors (Lipinski definition) is 0. The van der Waals surface area contributed by atoms with Gasteiger partial charge in [-0.05, 0) is 54.8 Å². The van der Waals surface area contributed by atoms with Crippen LogP contribution < -0.4 is 9.92 Å². The number of oxime groups is 1. The van der Waals surface area contributed by atoms with E-state index >= 15 is 0 Å². The van der Waals surface area contributed by atoms with Crippen LogP contribution in [0.25, 0.3) is 11.8 Å². The molecule has 0 amide bonds. The van der Waals surface area contributed by atoms with Gasteiger partial charge < -0.3 is 23.8 Å². The maximum Gasteiger partial charge on any atom is 0.234 e. The highest BCUT2D eigenvalue weighted by Crippen LogP contribution is 2.48. The summed E-state index contributed by atoms with van der Waals surface area (Å²) in [6.45, 7) is 12.7. The number of methoxy groups -OCH3 is 1. The largest absolute Gasteiger partial charge is 0.495 e. The van der Waals surface area contributed by atoms with Crippen molar-refractivity contribution in [2.45, 2.75) is 45.6 Å². The van der Waals surface area contributed by atoms with Gasteiger partial charge in [-0.2, -0.15) is 0 Å². The molecule has 1 atom stereocenters. The number of hydrogen-bond acceptors (Lipinski definition) is 6. The molecule has 2 fully saturated rings. The van der Waals surface area contributed by atoms with Crippen molar-refractivity contribution in [2.75, 3.05) is 26.9 Å². The molecule has 0 bridgehead atoms. The number of halogens is 1. The van der Waals surface area contributed by atoms with Gasteiger partial charge in [0.1, 0.15) is 11.6 Å². The van der Waals surface area contributed by atoms with Crippen LogP contribution in [0, 0.1) is 18.2 Å². The number of fused-ring (bicyclic) bond motifs is 1. The molecule has 1 aromatic heterocycles. The van der Waals surface area contributed by atoms with Crippen molar-refractivity contribution < 1.29 is 18.7 Å². The summed E-state index contributed by atoms with van der Waals surface area (Å²) in [5.41, 5.74) is 3.79. The van der Waals surface area contributed by atoms with Crippen molar-refractivity contribution >= 4 is 25.2 Å². The predicted molar refractivity (Wildman–Crippen MR) is 153 cm³/mol. The summed E-state index contributed by atoms with van der Waals surface area (Å²) in [6, 6.07) is 11.5. The number of imidazole rings is 1. The van der Waals surface area contributed by atoms with Gasteiger partial charge in [-0.25, -0.2) is 9.37 Å². The molecule has 0 saturated carbocycles. The van der Waals surface area contributed by atoms with Gasteiger partial charge in [0.05, 0.1) is 46.1 Å². The first-order valence-electron chi connectivity index (χ1n) is 13.3. The topological polar surface area (TPSA) is 61.1 Å². The summed E-state index contributed by atoms with van der Waals surface area (Å²) in [6.07, 6.45) is 6.75. The minimum absolute atomic E-state index is 0.0346. The maximum atomic E-state index is 14.9. The van der Waals surface area contributed by atoms with E-state index in [2.05, 4.69) is 52.9 Å². The molecule has 2 aromatic carbocycles. The van der Waals surface area contributed by atoms with E-state index in [1.165, 1.54) is 0 Å². The Kier molecular flexibility index (Phi) is 6.00. The lowest BCUT2D eigenvalue weighted by Gasteiger charge is -2.51. The van der Waals surface area contributed by atoms with E-state index in [1.807, 2.05) is 36.7 Å². The first kappa shape index (κ1) is 25.8.